The molecular weight excluding hydrogens is 683 g/mol. The number of nitrogens with zero attached hydrogens (tertiary/aromatic N) is 4. The molecule has 0 atom stereocenters. The van der Waals surface area contributed by atoms with Crippen LogP contribution in [-0.2, 0) is 32.1 Å². The minimum Gasteiger partial charge on any atom is -0.379 e. The topological polar surface area (TPSA) is 115 Å². The van der Waals surface area contributed by atoms with Crippen LogP contribution in [0.3, 0.4) is 0 Å². The third-order valence-corrected chi connectivity index (χ3v) is 9.97. The van der Waals surface area contributed by atoms with E-state index >= 15 is 0 Å². The van der Waals surface area contributed by atoms with Gasteiger partial charge in [0.15, 0.2) is 0 Å². The lowest BCUT2D eigenvalue weighted by atomic mass is 10.1. The normalized spacial score (nSPS) is 13.9. The summed E-state index contributed by atoms with van der Waals surface area (Å²) in [5, 5.41) is 9.32. The number of carbonyl (C=O) groups excluding carboxylic acids is 3. The molecule has 0 unspecified atom stereocenters. The summed E-state index contributed by atoms with van der Waals surface area (Å²) in [5.41, 5.74) is 1.54. The van der Waals surface area contributed by atoms with E-state index in [4.69, 9.17) is 16.3 Å². The number of alkyl halides is 3. The monoisotopic (exact) mass is 715 g/mol. The summed E-state index contributed by atoms with van der Waals surface area (Å²) in [7, 11) is 5.05. The fraction of sp³-hybridized carbons (Fsp3) is 0.303. The van der Waals surface area contributed by atoms with E-state index < -0.39 is 23.6 Å². The number of rotatable bonds is 9. The van der Waals surface area contributed by atoms with Gasteiger partial charge in [0.25, 0.3) is 17.7 Å². The number of ether oxygens (including phenoxy) is 1. The molecule has 1 aliphatic rings. The maximum atomic E-state index is 13.3. The summed E-state index contributed by atoms with van der Waals surface area (Å²) in [5.74, 6) is -1.16. The molecule has 0 spiro atoms. The molecule has 3 N–H and O–H groups in total. The Bertz CT molecular complexity index is 2060. The van der Waals surface area contributed by atoms with Crippen molar-refractivity contribution in [3.05, 3.63) is 82.7 Å². The third kappa shape index (κ3) is 7.39. The molecule has 1 fully saturated rings. The van der Waals surface area contributed by atoms with Crippen LogP contribution in [0.15, 0.2) is 55.0 Å². The van der Waals surface area contributed by atoms with Crippen LogP contribution < -0.4 is 16.0 Å². The Morgan fingerprint density at radius 1 is 0.837 bits per heavy atom. The van der Waals surface area contributed by atoms with Crippen molar-refractivity contribution in [2.45, 2.75) is 6.18 Å². The zero-order valence-electron chi connectivity index (χ0n) is 26.8. The van der Waals surface area contributed by atoms with Crippen LogP contribution >= 0.6 is 22.9 Å². The first kappa shape index (κ1) is 34.3. The van der Waals surface area contributed by atoms with E-state index in [2.05, 4.69) is 20.9 Å². The Hall–Kier alpha value is -4.57. The van der Waals surface area contributed by atoms with Crippen LogP contribution in [0.2, 0.25) is 5.02 Å². The van der Waals surface area contributed by atoms with E-state index in [1.807, 2.05) is 0 Å². The first-order valence-corrected chi connectivity index (χ1v) is 16.5. The molecule has 49 heavy (non-hydrogen) atoms. The molecule has 6 rings (SSSR count). The van der Waals surface area contributed by atoms with Crippen molar-refractivity contribution in [1.82, 2.24) is 23.9 Å². The van der Waals surface area contributed by atoms with Crippen molar-refractivity contribution in [2.75, 3.05) is 50.0 Å². The number of anilines is 2. The van der Waals surface area contributed by atoms with Crippen LogP contribution in [0, 0.1) is 0 Å². The van der Waals surface area contributed by atoms with Gasteiger partial charge in [0, 0.05) is 81.6 Å². The molecular formula is C33H33ClF3N7O4S. The van der Waals surface area contributed by atoms with Crippen molar-refractivity contribution in [1.29, 1.82) is 0 Å². The van der Waals surface area contributed by atoms with Gasteiger partial charge in [0.2, 0.25) is 0 Å². The van der Waals surface area contributed by atoms with Crippen LogP contribution in [-0.4, -0.2) is 75.7 Å². The molecule has 16 heteroatoms. The molecule has 4 aromatic heterocycles. The fourth-order valence-corrected chi connectivity index (χ4v) is 7.25. The number of aromatic nitrogens is 3. The maximum absolute atomic E-state index is 13.3. The second-order valence-corrected chi connectivity index (χ2v) is 13.2. The van der Waals surface area contributed by atoms with Gasteiger partial charge in [-0.25, -0.2) is 0 Å². The van der Waals surface area contributed by atoms with Gasteiger partial charge in [-0.1, -0.05) is 17.7 Å². The Kier molecular flexibility index (Phi) is 9.62. The number of amides is 3. The first-order valence-electron chi connectivity index (χ1n) is 15.3. The lowest BCUT2D eigenvalue weighted by Gasteiger charge is -2.26. The molecule has 0 saturated carbocycles. The highest BCUT2D eigenvalue weighted by atomic mass is 35.5. The number of morpholine rings is 1. The van der Waals surface area contributed by atoms with E-state index in [-0.39, 0.29) is 17.3 Å². The van der Waals surface area contributed by atoms with E-state index in [9.17, 15) is 27.6 Å². The van der Waals surface area contributed by atoms with Crippen molar-refractivity contribution in [3.8, 4) is 10.4 Å². The predicted octanol–water partition coefficient (Wildman–Crippen LogP) is 5.82. The SMILES string of the molecule is Cn1cc(NC(=O)c2cc(NC(=O)c3cc(-c4sc5cc(C(F)(F)F)ccc5c4Cl)cn3C)cn2C)cc1C(=O)NCCN1CCOCC1. The molecule has 258 valence electrons. The predicted molar refractivity (Wildman–Crippen MR) is 183 cm³/mol. The van der Waals surface area contributed by atoms with E-state index in [0.29, 0.717) is 62.4 Å². The van der Waals surface area contributed by atoms with Crippen LogP contribution in [0.5, 0.6) is 0 Å². The van der Waals surface area contributed by atoms with Gasteiger partial charge in [-0.05, 0) is 30.3 Å². The van der Waals surface area contributed by atoms with E-state index in [1.165, 1.54) is 12.1 Å². The number of carbonyl (C=O) groups is 3. The molecule has 0 radical (unpaired) electrons. The summed E-state index contributed by atoms with van der Waals surface area (Å²) < 4.78 is 50.3. The highest BCUT2D eigenvalue weighted by molar-refractivity contribution is 7.23. The number of benzene rings is 1. The highest BCUT2D eigenvalue weighted by Gasteiger charge is 2.31. The van der Waals surface area contributed by atoms with E-state index in [1.54, 1.807) is 65.6 Å². The smallest absolute Gasteiger partial charge is 0.379 e. The molecule has 1 saturated heterocycles. The van der Waals surface area contributed by atoms with E-state index in [0.717, 1.165) is 43.1 Å². The fourth-order valence-electron chi connectivity index (χ4n) is 5.69. The summed E-state index contributed by atoms with van der Waals surface area (Å²) >= 11 is 7.67. The molecule has 3 amide bonds. The quantitative estimate of drug-likeness (QED) is 0.178. The van der Waals surface area contributed by atoms with Gasteiger partial charge in [-0.3, -0.25) is 19.3 Å². The standard InChI is InChI=1S/C33H33ClF3N7O4S/c1-41-16-19(29-28(34)23-5-4-20(33(35,36)37)13-27(23)49-29)12-24(41)31(46)39-22-15-26(43(3)18-22)32(47)40-21-14-25(42(2)17-21)30(45)38-6-7-44-8-10-48-11-9-44/h4-5,12-18H,6-11H2,1-3H3,(H,38,45)(H,39,46)(H,40,47). The number of thiophene rings is 1. The van der Waals surface area contributed by atoms with Gasteiger partial charge in [-0.2, -0.15) is 13.2 Å². The van der Waals surface area contributed by atoms with Gasteiger partial charge < -0.3 is 34.4 Å². The molecule has 5 heterocycles. The molecule has 5 aromatic rings. The van der Waals surface area contributed by atoms with Crippen LogP contribution in [0.25, 0.3) is 20.5 Å². The second kappa shape index (κ2) is 13.7. The Labute approximate surface area is 288 Å². The average Bonchev–Trinajstić information content (AvgIpc) is 3.81. The Balaban J connectivity index is 1.10. The number of hydrogen-bond acceptors (Lipinski definition) is 6. The summed E-state index contributed by atoms with van der Waals surface area (Å²) in [6, 6.07) is 8.14. The number of hydrogen-bond donors (Lipinski definition) is 3. The number of nitrogens with one attached hydrogen (secondary N) is 3. The minimum atomic E-state index is -4.48. The van der Waals surface area contributed by atoms with Crippen molar-refractivity contribution in [3.63, 3.8) is 0 Å². The number of aryl methyl sites for hydroxylation is 3. The summed E-state index contributed by atoms with van der Waals surface area (Å²) in [6.45, 7) is 4.23. The minimum absolute atomic E-state index is 0.255. The lowest BCUT2D eigenvalue weighted by molar-refractivity contribution is -0.137. The summed E-state index contributed by atoms with van der Waals surface area (Å²) in [4.78, 5) is 42.0. The molecule has 11 nitrogen and oxygen atoms in total. The summed E-state index contributed by atoms with van der Waals surface area (Å²) in [6.07, 6.45) is 0.438. The van der Waals surface area contributed by atoms with Crippen molar-refractivity contribution >= 4 is 62.1 Å². The van der Waals surface area contributed by atoms with Gasteiger partial charge in [0.1, 0.15) is 17.1 Å². The largest absolute Gasteiger partial charge is 0.416 e. The zero-order valence-corrected chi connectivity index (χ0v) is 28.4. The number of fused-ring (bicyclic) bond motifs is 1. The number of halogens is 4. The van der Waals surface area contributed by atoms with Crippen LogP contribution in [0.1, 0.15) is 37.0 Å². The molecule has 0 bridgehead atoms. The zero-order chi connectivity index (χ0) is 35.0. The Morgan fingerprint density at radius 3 is 2.02 bits per heavy atom. The highest BCUT2D eigenvalue weighted by Crippen LogP contribution is 2.44. The molecule has 1 aromatic carbocycles. The molecule has 1 aliphatic heterocycles. The second-order valence-electron chi connectivity index (χ2n) is 11.7. The Morgan fingerprint density at radius 2 is 1.41 bits per heavy atom. The maximum Gasteiger partial charge on any atom is 0.416 e. The van der Waals surface area contributed by atoms with Crippen LogP contribution in [0.4, 0.5) is 24.5 Å². The van der Waals surface area contributed by atoms with Gasteiger partial charge >= 0.3 is 6.18 Å². The van der Waals surface area contributed by atoms with Gasteiger partial charge in [0.05, 0.1) is 40.1 Å². The first-order chi connectivity index (χ1) is 23.3. The lowest BCUT2D eigenvalue weighted by Crippen LogP contribution is -2.41. The third-order valence-electron chi connectivity index (χ3n) is 8.26. The molecule has 0 aliphatic carbocycles. The average molecular weight is 716 g/mol. The van der Waals surface area contributed by atoms with Crippen molar-refractivity contribution < 1.29 is 32.3 Å². The van der Waals surface area contributed by atoms with Crippen molar-refractivity contribution in [2.24, 2.45) is 21.1 Å². The van der Waals surface area contributed by atoms with Gasteiger partial charge in [-0.15, -0.1) is 11.3 Å².